The van der Waals surface area contributed by atoms with Gasteiger partial charge in [0.1, 0.15) is 0 Å². The number of benzene rings is 2. The quantitative estimate of drug-likeness (QED) is 0.385. The molecule has 2 aromatic carbocycles. The molecule has 0 amide bonds. The van der Waals surface area contributed by atoms with Crippen molar-refractivity contribution in [2.75, 3.05) is 0 Å². The van der Waals surface area contributed by atoms with E-state index in [0.717, 1.165) is 16.3 Å². The molecule has 6 nitrogen and oxygen atoms in total. The van der Waals surface area contributed by atoms with E-state index in [0.29, 0.717) is 5.89 Å². The molecule has 0 fully saturated rings. The van der Waals surface area contributed by atoms with Gasteiger partial charge in [0.05, 0.1) is 0 Å². The highest BCUT2D eigenvalue weighted by Crippen LogP contribution is 2.28. The summed E-state index contributed by atoms with van der Waals surface area (Å²) in [6.45, 7) is 0. The van der Waals surface area contributed by atoms with E-state index in [1.165, 1.54) is 0 Å². The van der Waals surface area contributed by atoms with E-state index in [9.17, 15) is 0 Å². The SMILES string of the molecule is [N-]=[N+]=Nc1nnc(-c2cccc3ccccc23)o1. The first-order valence-corrected chi connectivity index (χ1v) is 5.25. The van der Waals surface area contributed by atoms with Crippen molar-refractivity contribution >= 4 is 16.8 Å². The van der Waals surface area contributed by atoms with Crippen molar-refractivity contribution in [2.45, 2.75) is 0 Å². The van der Waals surface area contributed by atoms with E-state index >= 15 is 0 Å². The van der Waals surface area contributed by atoms with Crippen molar-refractivity contribution in [2.24, 2.45) is 5.11 Å². The van der Waals surface area contributed by atoms with Crippen LogP contribution in [0.15, 0.2) is 52.0 Å². The molecule has 0 saturated heterocycles. The van der Waals surface area contributed by atoms with Crippen LogP contribution in [0, 0.1) is 0 Å². The lowest BCUT2D eigenvalue weighted by atomic mass is 10.0. The maximum atomic E-state index is 8.30. The number of rotatable bonds is 2. The van der Waals surface area contributed by atoms with Gasteiger partial charge >= 0.3 is 6.01 Å². The first-order chi connectivity index (χ1) is 8.88. The molecular weight excluding hydrogens is 230 g/mol. The molecule has 6 heteroatoms. The Morgan fingerprint density at radius 1 is 1.06 bits per heavy atom. The molecule has 0 aliphatic carbocycles. The van der Waals surface area contributed by atoms with Gasteiger partial charge in [0.25, 0.3) is 0 Å². The van der Waals surface area contributed by atoms with Crippen LogP contribution in [0.2, 0.25) is 0 Å². The lowest BCUT2D eigenvalue weighted by Crippen LogP contribution is -1.80. The van der Waals surface area contributed by atoms with Gasteiger partial charge in [0.15, 0.2) is 0 Å². The zero-order chi connectivity index (χ0) is 12.4. The van der Waals surface area contributed by atoms with Crippen molar-refractivity contribution in [3.8, 4) is 11.5 Å². The molecule has 86 valence electrons. The molecule has 1 heterocycles. The predicted octanol–water partition coefficient (Wildman–Crippen LogP) is 3.83. The first kappa shape index (κ1) is 10.3. The monoisotopic (exact) mass is 237 g/mol. The Hall–Kier alpha value is -2.85. The minimum Gasteiger partial charge on any atom is -0.415 e. The Bertz CT molecular complexity index is 753. The Kier molecular flexibility index (Phi) is 2.40. The van der Waals surface area contributed by atoms with E-state index in [1.807, 2.05) is 42.5 Å². The summed E-state index contributed by atoms with van der Waals surface area (Å²) in [7, 11) is 0. The van der Waals surface area contributed by atoms with Crippen LogP contribution in [0.1, 0.15) is 0 Å². The summed E-state index contributed by atoms with van der Waals surface area (Å²) in [5.74, 6) is 0.342. The standard InChI is InChI=1S/C12H7N5O/c13-17-16-12-15-14-11(18-12)10-7-3-5-8-4-1-2-6-9(8)10/h1-7H. The summed E-state index contributed by atoms with van der Waals surface area (Å²) < 4.78 is 5.28. The van der Waals surface area contributed by atoms with E-state index in [1.54, 1.807) is 0 Å². The summed E-state index contributed by atoms with van der Waals surface area (Å²) in [6, 6.07) is 13.6. The molecule has 0 radical (unpaired) electrons. The van der Waals surface area contributed by atoms with Gasteiger partial charge in [-0.05, 0) is 22.4 Å². The Morgan fingerprint density at radius 3 is 2.78 bits per heavy atom. The Balaban J connectivity index is 2.21. The lowest BCUT2D eigenvalue weighted by molar-refractivity contribution is 0.579. The highest BCUT2D eigenvalue weighted by Gasteiger charge is 2.10. The van der Waals surface area contributed by atoms with Crippen molar-refractivity contribution < 1.29 is 4.42 Å². The first-order valence-electron chi connectivity index (χ1n) is 5.25. The van der Waals surface area contributed by atoms with Gasteiger partial charge in [0.2, 0.25) is 5.89 Å². The fourth-order valence-corrected chi connectivity index (χ4v) is 1.81. The summed E-state index contributed by atoms with van der Waals surface area (Å²) in [5, 5.41) is 12.9. The van der Waals surface area contributed by atoms with Gasteiger partial charge in [-0.2, -0.15) is 0 Å². The van der Waals surface area contributed by atoms with Gasteiger partial charge < -0.3 is 4.42 Å². The third kappa shape index (κ3) is 1.66. The second kappa shape index (κ2) is 4.20. The number of azide groups is 1. The zero-order valence-electron chi connectivity index (χ0n) is 9.19. The van der Waals surface area contributed by atoms with Crippen LogP contribution in [0.4, 0.5) is 6.01 Å². The number of nitrogens with zero attached hydrogens (tertiary/aromatic N) is 5. The molecule has 18 heavy (non-hydrogen) atoms. The minimum absolute atomic E-state index is 0.0829. The molecule has 0 atom stereocenters. The van der Waals surface area contributed by atoms with Gasteiger partial charge in [-0.1, -0.05) is 36.4 Å². The molecule has 0 aliphatic rings. The average Bonchev–Trinajstić information content (AvgIpc) is 2.87. The van der Waals surface area contributed by atoms with Crippen molar-refractivity contribution in [3.63, 3.8) is 0 Å². The Labute approximate surface area is 102 Å². The molecule has 3 rings (SSSR count). The van der Waals surface area contributed by atoms with Crippen LogP contribution in [-0.4, -0.2) is 10.2 Å². The summed E-state index contributed by atoms with van der Waals surface area (Å²) >= 11 is 0. The summed E-state index contributed by atoms with van der Waals surface area (Å²) in [6.07, 6.45) is 0. The molecule has 0 saturated carbocycles. The second-order valence-corrected chi connectivity index (χ2v) is 3.61. The van der Waals surface area contributed by atoms with Crippen LogP contribution in [-0.2, 0) is 0 Å². The third-order valence-corrected chi connectivity index (χ3v) is 2.56. The van der Waals surface area contributed by atoms with Crippen LogP contribution >= 0.6 is 0 Å². The molecule has 0 bridgehead atoms. The fraction of sp³-hybridized carbons (Fsp3) is 0. The molecule has 3 aromatic rings. The highest BCUT2D eigenvalue weighted by molar-refractivity contribution is 5.94. The van der Waals surface area contributed by atoms with Crippen molar-refractivity contribution in [1.82, 2.24) is 10.2 Å². The van der Waals surface area contributed by atoms with E-state index in [2.05, 4.69) is 20.2 Å². The lowest BCUT2D eigenvalue weighted by Gasteiger charge is -2.01. The average molecular weight is 237 g/mol. The number of hydrogen-bond acceptors (Lipinski definition) is 4. The van der Waals surface area contributed by atoms with Gasteiger partial charge in [0, 0.05) is 15.6 Å². The third-order valence-electron chi connectivity index (χ3n) is 2.56. The van der Waals surface area contributed by atoms with Crippen LogP contribution < -0.4 is 0 Å². The maximum absolute atomic E-state index is 8.30. The van der Waals surface area contributed by atoms with Gasteiger partial charge in [-0.15, -0.1) is 10.2 Å². The zero-order valence-corrected chi connectivity index (χ0v) is 9.19. The van der Waals surface area contributed by atoms with E-state index in [-0.39, 0.29) is 6.01 Å². The normalized spacial score (nSPS) is 10.2. The van der Waals surface area contributed by atoms with Gasteiger partial charge in [-0.3, -0.25) is 0 Å². The molecule has 0 spiro atoms. The molecule has 0 unspecified atom stereocenters. The largest absolute Gasteiger partial charge is 0.415 e. The minimum atomic E-state index is -0.0829. The van der Waals surface area contributed by atoms with Crippen LogP contribution in [0.3, 0.4) is 0 Å². The molecular formula is C12H7N5O. The van der Waals surface area contributed by atoms with Crippen LogP contribution in [0.5, 0.6) is 0 Å². The molecule has 0 N–H and O–H groups in total. The number of fused-ring (bicyclic) bond motifs is 1. The Morgan fingerprint density at radius 2 is 1.89 bits per heavy atom. The maximum Gasteiger partial charge on any atom is 0.304 e. The summed E-state index contributed by atoms with van der Waals surface area (Å²) in [5.41, 5.74) is 9.12. The van der Waals surface area contributed by atoms with E-state index in [4.69, 9.17) is 9.95 Å². The predicted molar refractivity (Wildman–Crippen MR) is 66.0 cm³/mol. The highest BCUT2D eigenvalue weighted by atomic mass is 16.4. The van der Waals surface area contributed by atoms with Crippen molar-refractivity contribution in [1.29, 1.82) is 0 Å². The number of aromatic nitrogens is 2. The van der Waals surface area contributed by atoms with E-state index < -0.39 is 0 Å². The topological polar surface area (TPSA) is 87.7 Å². The van der Waals surface area contributed by atoms with Crippen LogP contribution in [0.25, 0.3) is 32.7 Å². The smallest absolute Gasteiger partial charge is 0.304 e. The summed E-state index contributed by atoms with van der Waals surface area (Å²) in [4.78, 5) is 2.60. The van der Waals surface area contributed by atoms with Crippen molar-refractivity contribution in [3.05, 3.63) is 52.9 Å². The molecule has 1 aromatic heterocycles. The van der Waals surface area contributed by atoms with Gasteiger partial charge in [-0.25, -0.2) is 0 Å². The molecule has 0 aliphatic heterocycles. The number of hydrogen-bond donors (Lipinski definition) is 0. The fourth-order valence-electron chi connectivity index (χ4n) is 1.81. The second-order valence-electron chi connectivity index (χ2n) is 3.61.